The van der Waals surface area contributed by atoms with Gasteiger partial charge in [0.2, 0.25) is 0 Å². The minimum atomic E-state index is 0.772. The van der Waals surface area contributed by atoms with Crippen molar-refractivity contribution in [1.29, 1.82) is 0 Å². The van der Waals surface area contributed by atoms with Crippen molar-refractivity contribution >= 4 is 11.1 Å². The Bertz CT molecular complexity index is 3820. The summed E-state index contributed by atoms with van der Waals surface area (Å²) in [6, 6.07) is 82.7. The molecule has 2 aliphatic rings. The van der Waals surface area contributed by atoms with Crippen LogP contribution in [0.5, 0.6) is 0 Å². The maximum Gasteiger partial charge on any atom is 0.0619 e. The minimum absolute atomic E-state index is 0.772. The van der Waals surface area contributed by atoms with Crippen molar-refractivity contribution in [2.75, 3.05) is 0 Å². The highest BCUT2D eigenvalue weighted by Crippen LogP contribution is 2.50. The molecule has 0 N–H and O–H groups in total. The number of para-hydroxylation sites is 1. The lowest BCUT2D eigenvalue weighted by Gasteiger charge is -2.21. The molecular formula is C72H55N. The molecule has 0 spiro atoms. The highest BCUT2D eigenvalue weighted by molar-refractivity contribution is 6.07. The second kappa shape index (κ2) is 20.1. The third kappa shape index (κ3) is 8.86. The highest BCUT2D eigenvalue weighted by atomic mass is 15.0. The molecule has 0 radical (unpaired) electrons. The average Bonchev–Trinajstić information content (AvgIpc) is 3.61. The largest absolute Gasteiger partial charge is 0.308 e. The normalized spacial score (nSPS) is 13.4. The molecule has 2 aliphatic carbocycles. The van der Waals surface area contributed by atoms with Crippen molar-refractivity contribution in [3.8, 4) is 74.1 Å². The summed E-state index contributed by atoms with van der Waals surface area (Å²) in [5, 5.41) is 0. The first-order chi connectivity index (χ1) is 36.1. The molecule has 73 heavy (non-hydrogen) atoms. The van der Waals surface area contributed by atoms with Gasteiger partial charge in [-0.25, -0.2) is 0 Å². The third-order valence-electron chi connectivity index (χ3n) is 14.8. The fourth-order valence-corrected chi connectivity index (χ4v) is 11.4. The second-order valence-electron chi connectivity index (χ2n) is 19.4. The molecule has 0 bridgehead atoms. The van der Waals surface area contributed by atoms with Crippen molar-refractivity contribution in [1.82, 2.24) is 4.57 Å². The van der Waals surface area contributed by atoms with Gasteiger partial charge in [0.25, 0.3) is 0 Å². The monoisotopic (exact) mass is 933 g/mol. The number of hydrogen-bond donors (Lipinski definition) is 0. The molecule has 0 fully saturated rings. The standard InChI is InChI=1S/C72H55N/c1-3-19-52-36-46-65-60(48-52)44-42-54-22-15-17-30-63(54)69(65)70-64-31-18-16-23-55(64)43-45-61-49-53(37-47-66(61)70)21-14-13-20-51-34-40-59(41-35-51)72-68(57-26-9-5-10-27-57)67(56-24-7-4-8-25-56)71(58-38-32-50(2)33-39-58)73(72)62-28-11-6-12-29-62/h4-12,15-18,22-41,46-49H,14,21,42-45H2,1-2H3/b70-69+. The van der Waals surface area contributed by atoms with Gasteiger partial charge >= 0.3 is 0 Å². The van der Waals surface area contributed by atoms with Crippen molar-refractivity contribution < 1.29 is 0 Å². The Balaban J connectivity index is 0.899. The Morgan fingerprint density at radius 3 is 1.44 bits per heavy atom. The zero-order valence-corrected chi connectivity index (χ0v) is 41.6. The van der Waals surface area contributed by atoms with Crippen LogP contribution in [-0.4, -0.2) is 4.57 Å². The van der Waals surface area contributed by atoms with Crippen LogP contribution in [0.2, 0.25) is 0 Å². The van der Waals surface area contributed by atoms with Gasteiger partial charge in [-0.05, 0) is 166 Å². The number of nitrogens with zero attached hydrogens (tertiary/aromatic N) is 1. The van der Waals surface area contributed by atoms with E-state index in [1.807, 2.05) is 6.92 Å². The van der Waals surface area contributed by atoms with E-state index < -0.39 is 0 Å². The molecular weight excluding hydrogens is 879 g/mol. The maximum absolute atomic E-state index is 3.58. The van der Waals surface area contributed by atoms with E-state index in [2.05, 4.69) is 260 Å². The van der Waals surface area contributed by atoms with Crippen molar-refractivity contribution in [3.05, 3.63) is 291 Å². The first-order valence-electron chi connectivity index (χ1n) is 25.8. The summed E-state index contributed by atoms with van der Waals surface area (Å²) >= 11 is 0. The predicted octanol–water partition coefficient (Wildman–Crippen LogP) is 17.0. The van der Waals surface area contributed by atoms with Gasteiger partial charge in [0.15, 0.2) is 0 Å². The van der Waals surface area contributed by atoms with Gasteiger partial charge < -0.3 is 4.57 Å². The summed E-state index contributed by atoms with van der Waals surface area (Å²) in [4.78, 5) is 0. The molecule has 10 aromatic rings. The molecule has 0 atom stereocenters. The molecule has 0 saturated heterocycles. The Kier molecular flexibility index (Phi) is 12.5. The highest BCUT2D eigenvalue weighted by Gasteiger charge is 2.29. The Morgan fingerprint density at radius 2 is 0.863 bits per heavy atom. The van der Waals surface area contributed by atoms with Crippen LogP contribution in [0.4, 0.5) is 0 Å². The van der Waals surface area contributed by atoms with Crippen LogP contribution in [0, 0.1) is 30.6 Å². The first kappa shape index (κ1) is 45.3. The smallest absolute Gasteiger partial charge is 0.0619 e. The van der Waals surface area contributed by atoms with E-state index in [-0.39, 0.29) is 0 Å². The number of hydrogen-bond acceptors (Lipinski definition) is 0. The molecule has 1 heterocycles. The van der Waals surface area contributed by atoms with Crippen LogP contribution in [0.15, 0.2) is 224 Å². The molecule has 1 nitrogen and oxygen atoms in total. The zero-order valence-electron chi connectivity index (χ0n) is 41.6. The van der Waals surface area contributed by atoms with Gasteiger partial charge in [0, 0.05) is 34.4 Å². The average molecular weight is 934 g/mol. The lowest BCUT2D eigenvalue weighted by atomic mass is 9.82. The molecule has 1 aromatic heterocycles. The van der Waals surface area contributed by atoms with E-state index in [0.717, 1.165) is 66.6 Å². The minimum Gasteiger partial charge on any atom is -0.308 e. The van der Waals surface area contributed by atoms with Gasteiger partial charge in [0.1, 0.15) is 0 Å². The molecule has 0 aliphatic heterocycles. The first-order valence-corrected chi connectivity index (χ1v) is 25.8. The van der Waals surface area contributed by atoms with Crippen molar-refractivity contribution in [2.45, 2.75) is 52.4 Å². The quantitative estimate of drug-likeness (QED) is 0.140. The summed E-state index contributed by atoms with van der Waals surface area (Å²) in [6.07, 6.45) is 5.65. The Hall–Kier alpha value is -8.88. The topological polar surface area (TPSA) is 4.93 Å². The second-order valence-corrected chi connectivity index (χ2v) is 19.4. The van der Waals surface area contributed by atoms with Crippen LogP contribution in [0.25, 0.3) is 61.6 Å². The zero-order chi connectivity index (χ0) is 49.1. The van der Waals surface area contributed by atoms with Gasteiger partial charge in [-0.15, -0.1) is 5.92 Å². The number of aryl methyl sites for hydroxylation is 6. The third-order valence-corrected chi connectivity index (χ3v) is 14.8. The number of aromatic nitrogens is 1. The summed E-state index contributed by atoms with van der Waals surface area (Å²) < 4.78 is 2.47. The van der Waals surface area contributed by atoms with E-state index in [4.69, 9.17) is 0 Å². The van der Waals surface area contributed by atoms with Crippen molar-refractivity contribution in [3.63, 3.8) is 0 Å². The van der Waals surface area contributed by atoms with E-state index in [9.17, 15) is 0 Å². The van der Waals surface area contributed by atoms with Gasteiger partial charge in [-0.3, -0.25) is 0 Å². The van der Waals surface area contributed by atoms with Gasteiger partial charge in [-0.1, -0.05) is 211 Å². The molecule has 348 valence electrons. The molecule has 0 unspecified atom stereocenters. The van der Waals surface area contributed by atoms with E-state index in [0.29, 0.717) is 0 Å². The summed E-state index contributed by atoms with van der Waals surface area (Å²) in [7, 11) is 0. The van der Waals surface area contributed by atoms with Crippen LogP contribution in [0.3, 0.4) is 0 Å². The lowest BCUT2D eigenvalue weighted by molar-refractivity contribution is 0.951. The summed E-state index contributed by atoms with van der Waals surface area (Å²) in [6.45, 7) is 4.08. The molecule has 0 amide bonds. The Morgan fingerprint density at radius 1 is 0.397 bits per heavy atom. The molecule has 9 aromatic carbocycles. The van der Waals surface area contributed by atoms with Crippen molar-refractivity contribution in [2.24, 2.45) is 0 Å². The molecule has 12 rings (SSSR count). The van der Waals surface area contributed by atoms with Crippen LogP contribution in [-0.2, 0) is 32.1 Å². The number of rotatable bonds is 7. The number of fused-ring (bicyclic) bond motifs is 4. The lowest BCUT2D eigenvalue weighted by Crippen LogP contribution is -2.02. The van der Waals surface area contributed by atoms with Crippen LogP contribution in [0.1, 0.15) is 80.1 Å². The van der Waals surface area contributed by atoms with Crippen LogP contribution < -0.4 is 0 Å². The number of benzene rings is 9. The van der Waals surface area contributed by atoms with E-state index >= 15 is 0 Å². The predicted molar refractivity (Wildman–Crippen MR) is 306 cm³/mol. The fourth-order valence-electron chi connectivity index (χ4n) is 11.4. The van der Waals surface area contributed by atoms with Gasteiger partial charge in [0.05, 0.1) is 11.4 Å². The Labute approximate surface area is 431 Å². The maximum atomic E-state index is 3.58. The molecule has 1 heteroatoms. The fraction of sp³-hybridized carbons (Fsp3) is 0.111. The summed E-state index contributed by atoms with van der Waals surface area (Å²) in [5.74, 6) is 13.6. The molecule has 0 saturated carbocycles. The van der Waals surface area contributed by atoms with E-state index in [1.54, 1.807) is 0 Å². The van der Waals surface area contributed by atoms with Crippen LogP contribution >= 0.6 is 0 Å². The van der Waals surface area contributed by atoms with Gasteiger partial charge in [-0.2, -0.15) is 0 Å². The van der Waals surface area contributed by atoms with E-state index in [1.165, 1.54) is 100 Å². The summed E-state index contributed by atoms with van der Waals surface area (Å²) in [5.41, 5.74) is 28.8. The SMILES string of the molecule is CC#Cc1ccc2c(c1)CCc1ccccc1/C2=C1/c2ccccc2CCc2cc(CCC#Cc3ccc(-c4c(-c5ccccc5)c(-c5ccccc5)c(-c5ccc(C)cc5)n4-c4ccccc4)cc3)ccc21.